The van der Waals surface area contributed by atoms with Crippen LogP contribution in [0.1, 0.15) is 17.3 Å². The average molecular weight is 290 g/mol. The summed E-state index contributed by atoms with van der Waals surface area (Å²) in [6.07, 6.45) is 1.72. The lowest BCUT2D eigenvalue weighted by atomic mass is 10.1. The second-order valence-electron chi connectivity index (χ2n) is 4.44. The fourth-order valence-corrected chi connectivity index (χ4v) is 1.94. The molecule has 0 amide bonds. The van der Waals surface area contributed by atoms with E-state index in [2.05, 4.69) is 15.6 Å². The fourth-order valence-electron chi connectivity index (χ4n) is 1.94. The third kappa shape index (κ3) is 4.11. The summed E-state index contributed by atoms with van der Waals surface area (Å²) in [7, 11) is 1.36. The van der Waals surface area contributed by atoms with E-state index in [9.17, 15) is 4.79 Å². The molecule has 21 heavy (non-hydrogen) atoms. The molecule has 0 aliphatic rings. The van der Waals surface area contributed by atoms with Crippen LogP contribution in [-0.4, -0.2) is 39.8 Å². The number of nitrogens with one attached hydrogen (secondary N) is 1. The van der Waals surface area contributed by atoms with Crippen molar-refractivity contribution >= 4 is 5.97 Å². The second kappa shape index (κ2) is 7.51. The lowest BCUT2D eigenvalue weighted by molar-refractivity contribution is -0.143. The predicted molar refractivity (Wildman–Crippen MR) is 75.1 cm³/mol. The van der Waals surface area contributed by atoms with Crippen molar-refractivity contribution in [3.05, 3.63) is 47.8 Å². The minimum absolute atomic E-state index is 0.00499. The van der Waals surface area contributed by atoms with E-state index in [1.165, 1.54) is 7.11 Å². The molecule has 7 heteroatoms. The van der Waals surface area contributed by atoms with Crippen LogP contribution in [0, 0.1) is 0 Å². The first-order valence-corrected chi connectivity index (χ1v) is 6.60. The van der Waals surface area contributed by atoms with Crippen LogP contribution >= 0.6 is 0 Å². The molecule has 0 spiro atoms. The molecule has 0 aliphatic heterocycles. The highest BCUT2D eigenvalue weighted by Crippen LogP contribution is 2.14. The highest BCUT2D eigenvalue weighted by atomic mass is 16.5. The molecule has 2 rings (SSSR count). The number of nitrogens with zero attached hydrogens (tertiary/aromatic N) is 3. The molecule has 0 fully saturated rings. The lowest BCUT2D eigenvalue weighted by Crippen LogP contribution is -2.29. The second-order valence-corrected chi connectivity index (χ2v) is 4.44. The summed E-state index contributed by atoms with van der Waals surface area (Å²) in [6, 6.07) is 8.78. The highest BCUT2D eigenvalue weighted by Gasteiger charge is 2.20. The molecule has 1 aromatic heterocycles. The van der Waals surface area contributed by atoms with Crippen molar-refractivity contribution < 1.29 is 14.6 Å². The van der Waals surface area contributed by atoms with Crippen molar-refractivity contribution in [3.63, 3.8) is 0 Å². The van der Waals surface area contributed by atoms with Crippen molar-refractivity contribution in [1.82, 2.24) is 20.3 Å². The van der Waals surface area contributed by atoms with E-state index < -0.39 is 6.04 Å². The molecule has 2 aromatic rings. The van der Waals surface area contributed by atoms with Crippen molar-refractivity contribution in [2.24, 2.45) is 0 Å². The van der Waals surface area contributed by atoms with E-state index in [0.29, 0.717) is 18.8 Å². The number of ether oxygens (including phenoxy) is 1. The lowest BCUT2D eigenvalue weighted by Gasteiger charge is -2.15. The number of hydrogen-bond donors (Lipinski definition) is 2. The van der Waals surface area contributed by atoms with Gasteiger partial charge in [0, 0.05) is 12.7 Å². The van der Waals surface area contributed by atoms with Gasteiger partial charge >= 0.3 is 5.97 Å². The Balaban J connectivity index is 2.03. The maximum atomic E-state index is 11.9. The third-order valence-corrected chi connectivity index (χ3v) is 2.97. The molecular formula is C14H18N4O3. The van der Waals surface area contributed by atoms with Gasteiger partial charge in [-0.1, -0.05) is 35.5 Å². The van der Waals surface area contributed by atoms with Gasteiger partial charge < -0.3 is 9.84 Å². The van der Waals surface area contributed by atoms with Crippen molar-refractivity contribution in [2.75, 3.05) is 13.7 Å². The number of aliphatic hydroxyl groups is 1. The number of carbonyl (C=O) groups is 1. The van der Waals surface area contributed by atoms with E-state index in [4.69, 9.17) is 9.84 Å². The van der Waals surface area contributed by atoms with E-state index in [1.807, 2.05) is 30.3 Å². The van der Waals surface area contributed by atoms with Crippen molar-refractivity contribution in [2.45, 2.75) is 19.1 Å². The van der Waals surface area contributed by atoms with Crippen LogP contribution < -0.4 is 5.32 Å². The third-order valence-electron chi connectivity index (χ3n) is 2.97. The van der Waals surface area contributed by atoms with Crippen LogP contribution in [-0.2, 0) is 22.6 Å². The summed E-state index contributed by atoms with van der Waals surface area (Å²) in [5, 5.41) is 19.8. The van der Waals surface area contributed by atoms with E-state index in [0.717, 1.165) is 5.56 Å². The van der Waals surface area contributed by atoms with Gasteiger partial charge in [-0.3, -0.25) is 5.32 Å². The highest BCUT2D eigenvalue weighted by molar-refractivity contribution is 5.77. The summed E-state index contributed by atoms with van der Waals surface area (Å²) >= 11 is 0. The standard InChI is InChI=1S/C14H18N4O3/c1-21-14(20)13(11-5-3-2-4-6-11)15-9-12-10-18(7-8-19)17-16-12/h2-6,10,13,15,19H,7-9H2,1H3. The average Bonchev–Trinajstić information content (AvgIpc) is 2.96. The van der Waals surface area contributed by atoms with Crippen LogP contribution in [0.5, 0.6) is 0 Å². The maximum Gasteiger partial charge on any atom is 0.327 e. The molecule has 0 aliphatic carbocycles. The van der Waals surface area contributed by atoms with Gasteiger partial charge in [-0.15, -0.1) is 5.10 Å². The van der Waals surface area contributed by atoms with Gasteiger partial charge in [0.1, 0.15) is 6.04 Å². The minimum atomic E-state index is -0.556. The zero-order valence-corrected chi connectivity index (χ0v) is 11.8. The Morgan fingerprint density at radius 2 is 2.19 bits per heavy atom. The molecule has 1 unspecified atom stereocenters. The fraction of sp³-hybridized carbons (Fsp3) is 0.357. The van der Waals surface area contributed by atoms with Gasteiger partial charge in [-0.2, -0.15) is 0 Å². The van der Waals surface area contributed by atoms with Gasteiger partial charge in [0.05, 0.1) is 26.0 Å². The number of esters is 1. The number of rotatable bonds is 7. The number of benzene rings is 1. The number of aliphatic hydroxyl groups excluding tert-OH is 1. The first kappa shape index (κ1) is 15.1. The number of aromatic nitrogens is 3. The Bertz CT molecular complexity index is 571. The van der Waals surface area contributed by atoms with Crippen LogP contribution in [0.25, 0.3) is 0 Å². The van der Waals surface area contributed by atoms with Crippen LogP contribution in [0.3, 0.4) is 0 Å². The van der Waals surface area contributed by atoms with E-state index in [-0.39, 0.29) is 12.6 Å². The van der Waals surface area contributed by atoms with Crippen LogP contribution in [0.15, 0.2) is 36.5 Å². The smallest absolute Gasteiger partial charge is 0.327 e. The van der Waals surface area contributed by atoms with Crippen LogP contribution in [0.4, 0.5) is 0 Å². The maximum absolute atomic E-state index is 11.9. The number of hydrogen-bond acceptors (Lipinski definition) is 6. The summed E-state index contributed by atoms with van der Waals surface area (Å²) < 4.78 is 6.37. The zero-order valence-electron chi connectivity index (χ0n) is 11.8. The molecular weight excluding hydrogens is 272 g/mol. The summed E-state index contributed by atoms with van der Waals surface area (Å²) in [4.78, 5) is 11.9. The molecule has 1 heterocycles. The van der Waals surface area contributed by atoms with Crippen molar-refractivity contribution in [3.8, 4) is 0 Å². The van der Waals surface area contributed by atoms with Gasteiger partial charge in [0.2, 0.25) is 0 Å². The molecule has 7 nitrogen and oxygen atoms in total. The largest absolute Gasteiger partial charge is 0.468 e. The van der Waals surface area contributed by atoms with Gasteiger partial charge in [0.25, 0.3) is 0 Å². The Hall–Kier alpha value is -2.25. The van der Waals surface area contributed by atoms with Crippen LogP contribution in [0.2, 0.25) is 0 Å². The van der Waals surface area contributed by atoms with Crippen molar-refractivity contribution in [1.29, 1.82) is 0 Å². The molecule has 0 bridgehead atoms. The molecule has 2 N–H and O–H groups in total. The topological polar surface area (TPSA) is 89.3 Å². The predicted octanol–water partition coefficient (Wildman–Crippen LogP) is 0.274. The quantitative estimate of drug-likeness (QED) is 0.712. The Kier molecular flexibility index (Phi) is 5.42. The normalized spacial score (nSPS) is 12.1. The first-order valence-electron chi connectivity index (χ1n) is 6.60. The Labute approximate surface area is 122 Å². The molecule has 0 saturated carbocycles. The molecule has 1 aromatic carbocycles. The van der Waals surface area contributed by atoms with E-state index >= 15 is 0 Å². The van der Waals surface area contributed by atoms with Gasteiger partial charge in [-0.25, -0.2) is 9.48 Å². The molecule has 0 saturated heterocycles. The SMILES string of the molecule is COC(=O)C(NCc1cn(CCO)nn1)c1ccccc1. The summed E-state index contributed by atoms with van der Waals surface area (Å²) in [6.45, 7) is 0.775. The molecule has 1 atom stereocenters. The molecule has 112 valence electrons. The number of carbonyl (C=O) groups excluding carboxylic acids is 1. The zero-order chi connectivity index (χ0) is 15.1. The Morgan fingerprint density at radius 3 is 2.86 bits per heavy atom. The van der Waals surface area contributed by atoms with Gasteiger partial charge in [-0.05, 0) is 5.56 Å². The monoisotopic (exact) mass is 290 g/mol. The summed E-state index contributed by atoms with van der Waals surface area (Å²) in [5.41, 5.74) is 1.51. The summed E-state index contributed by atoms with van der Waals surface area (Å²) in [5.74, 6) is -0.357. The Morgan fingerprint density at radius 1 is 1.43 bits per heavy atom. The molecule has 0 radical (unpaired) electrons. The van der Waals surface area contributed by atoms with E-state index in [1.54, 1.807) is 10.9 Å². The van der Waals surface area contributed by atoms with Gasteiger partial charge in [0.15, 0.2) is 0 Å². The number of methoxy groups -OCH3 is 1. The minimum Gasteiger partial charge on any atom is -0.468 e. The first-order chi connectivity index (χ1) is 10.2.